The molecule has 3 N–H and O–H groups in total. The maximum absolute atomic E-state index is 14.9. The summed E-state index contributed by atoms with van der Waals surface area (Å²) in [5, 5.41) is 10.7. The van der Waals surface area contributed by atoms with Gasteiger partial charge in [0.25, 0.3) is 5.91 Å². The fourth-order valence-corrected chi connectivity index (χ4v) is 7.07. The van der Waals surface area contributed by atoms with Crippen LogP contribution in [0, 0.1) is 24.6 Å². The minimum absolute atomic E-state index is 0.0382. The Kier molecular flexibility index (Phi) is 6.94. The normalized spacial score (nSPS) is 25.5. The van der Waals surface area contributed by atoms with Crippen LogP contribution >= 0.6 is 0 Å². The van der Waals surface area contributed by atoms with Gasteiger partial charge in [0.15, 0.2) is 0 Å². The number of aromatic amines is 1. The monoisotopic (exact) mass is 603 g/mol. The average molecular weight is 604 g/mol. The molecular weight excluding hydrogens is 571 g/mol. The number of aromatic nitrogens is 4. The molecule has 0 unspecified atom stereocenters. The van der Waals surface area contributed by atoms with Crippen LogP contribution in [-0.4, -0.2) is 55.0 Å². The summed E-state index contributed by atoms with van der Waals surface area (Å²) in [4.78, 5) is 36.7. The van der Waals surface area contributed by atoms with E-state index < -0.39 is 54.4 Å². The SMILES string of the molecule is Cc1ccn(-c2ccc(C(=O)N[C@@H]3CCC(F)(F)C[C@@H]3C(=O)N3CC[C@@H]4[C@H](c5ncc[nH]5)Nc5ccc(F)cc5[C@@H]43)cc2)n1. The number of carbonyl (C=O) groups is 2. The zero-order chi connectivity index (χ0) is 30.6. The molecule has 7 rings (SSSR count). The number of alkyl halides is 2. The number of nitrogens with zero attached hydrogens (tertiary/aromatic N) is 4. The number of fused-ring (bicyclic) bond motifs is 3. The van der Waals surface area contributed by atoms with E-state index in [9.17, 15) is 22.8 Å². The quantitative estimate of drug-likeness (QED) is 0.286. The molecule has 1 saturated carbocycles. The van der Waals surface area contributed by atoms with E-state index in [-0.39, 0.29) is 18.4 Å². The molecule has 4 heterocycles. The second kappa shape index (κ2) is 10.8. The summed E-state index contributed by atoms with van der Waals surface area (Å²) in [5.41, 5.74) is 3.26. The van der Waals surface area contributed by atoms with Crippen molar-refractivity contribution < 1.29 is 22.8 Å². The molecule has 0 bridgehead atoms. The highest BCUT2D eigenvalue weighted by Gasteiger charge is 2.52. The Morgan fingerprint density at radius 2 is 1.91 bits per heavy atom. The third-order valence-corrected chi connectivity index (χ3v) is 9.19. The van der Waals surface area contributed by atoms with Gasteiger partial charge in [0.05, 0.1) is 29.4 Å². The summed E-state index contributed by atoms with van der Waals surface area (Å²) in [6.07, 6.45) is 4.62. The molecule has 2 amide bonds. The Bertz CT molecular complexity index is 1690. The highest BCUT2D eigenvalue weighted by molar-refractivity contribution is 5.95. The number of imidazole rings is 1. The van der Waals surface area contributed by atoms with Crippen molar-refractivity contribution >= 4 is 17.5 Å². The van der Waals surface area contributed by atoms with E-state index in [4.69, 9.17) is 0 Å². The number of H-pyrrole nitrogens is 1. The lowest BCUT2D eigenvalue weighted by Crippen LogP contribution is -2.53. The number of hydrogen-bond acceptors (Lipinski definition) is 5. The van der Waals surface area contributed by atoms with Gasteiger partial charge in [0.1, 0.15) is 11.6 Å². The minimum Gasteiger partial charge on any atom is -0.375 e. The Morgan fingerprint density at radius 3 is 2.64 bits per heavy atom. The van der Waals surface area contributed by atoms with Crippen LogP contribution in [0.2, 0.25) is 0 Å². The Balaban J connectivity index is 1.15. The fraction of sp³-hybridized carbons (Fsp3) is 0.375. The van der Waals surface area contributed by atoms with Crippen molar-refractivity contribution in [1.29, 1.82) is 0 Å². The van der Waals surface area contributed by atoms with E-state index in [0.717, 1.165) is 11.4 Å². The molecule has 5 atom stereocenters. The van der Waals surface area contributed by atoms with Gasteiger partial charge in [0, 0.05) is 66.8 Å². The molecule has 2 aromatic carbocycles. The van der Waals surface area contributed by atoms with Gasteiger partial charge in [-0.05, 0) is 68.3 Å². The van der Waals surface area contributed by atoms with Crippen LogP contribution in [0.1, 0.15) is 65.2 Å². The summed E-state index contributed by atoms with van der Waals surface area (Å²) in [7, 11) is 0. The molecule has 2 aromatic heterocycles. The van der Waals surface area contributed by atoms with Crippen LogP contribution in [0.3, 0.4) is 0 Å². The summed E-state index contributed by atoms with van der Waals surface area (Å²) in [6.45, 7) is 2.20. The van der Waals surface area contributed by atoms with Gasteiger partial charge in [-0.15, -0.1) is 0 Å². The van der Waals surface area contributed by atoms with Gasteiger partial charge >= 0.3 is 0 Å². The summed E-state index contributed by atoms with van der Waals surface area (Å²) >= 11 is 0. The van der Waals surface area contributed by atoms with Crippen LogP contribution < -0.4 is 10.6 Å². The second-order valence-electron chi connectivity index (χ2n) is 12.0. The van der Waals surface area contributed by atoms with Crippen LogP contribution in [0.15, 0.2) is 67.1 Å². The van der Waals surface area contributed by atoms with E-state index in [0.29, 0.717) is 35.6 Å². The number of rotatable bonds is 5. The van der Waals surface area contributed by atoms with E-state index in [1.807, 2.05) is 19.2 Å². The lowest BCUT2D eigenvalue weighted by atomic mass is 9.79. The molecule has 1 aliphatic carbocycles. The van der Waals surface area contributed by atoms with Gasteiger partial charge in [-0.2, -0.15) is 5.10 Å². The van der Waals surface area contributed by atoms with Crippen LogP contribution in [0.4, 0.5) is 18.9 Å². The van der Waals surface area contributed by atoms with E-state index in [2.05, 4.69) is 25.7 Å². The first-order chi connectivity index (χ1) is 21.2. The maximum Gasteiger partial charge on any atom is 0.251 e. The lowest BCUT2D eigenvalue weighted by molar-refractivity contribution is -0.146. The van der Waals surface area contributed by atoms with E-state index in [1.165, 1.54) is 12.1 Å². The molecule has 3 aliphatic rings. The highest BCUT2D eigenvalue weighted by Crippen LogP contribution is 2.52. The molecular formula is C32H32F3N7O2. The zero-order valence-corrected chi connectivity index (χ0v) is 24.0. The van der Waals surface area contributed by atoms with Crippen LogP contribution in [0.5, 0.6) is 0 Å². The van der Waals surface area contributed by atoms with Gasteiger partial charge < -0.3 is 20.5 Å². The maximum atomic E-state index is 14.9. The van der Waals surface area contributed by atoms with E-state index in [1.54, 1.807) is 52.3 Å². The number of anilines is 1. The van der Waals surface area contributed by atoms with Gasteiger partial charge in [-0.3, -0.25) is 9.59 Å². The van der Waals surface area contributed by atoms with Gasteiger partial charge in [-0.1, -0.05) is 0 Å². The topological polar surface area (TPSA) is 108 Å². The van der Waals surface area contributed by atoms with Crippen molar-refractivity contribution in [3.63, 3.8) is 0 Å². The molecule has 4 aromatic rings. The van der Waals surface area contributed by atoms with Crippen molar-refractivity contribution in [3.8, 4) is 5.69 Å². The van der Waals surface area contributed by atoms with Crippen molar-refractivity contribution in [2.24, 2.45) is 11.8 Å². The molecule has 9 nitrogen and oxygen atoms in total. The number of benzene rings is 2. The third kappa shape index (κ3) is 5.11. The number of carbonyl (C=O) groups excluding carboxylic acids is 2. The zero-order valence-electron chi connectivity index (χ0n) is 24.0. The van der Waals surface area contributed by atoms with Crippen molar-refractivity contribution in [1.82, 2.24) is 30.0 Å². The first-order valence-electron chi connectivity index (χ1n) is 14.8. The number of amides is 2. The molecule has 44 heavy (non-hydrogen) atoms. The number of hydrogen-bond donors (Lipinski definition) is 3. The minimum atomic E-state index is -3.04. The van der Waals surface area contributed by atoms with Crippen LogP contribution in [-0.2, 0) is 4.79 Å². The first kappa shape index (κ1) is 28.2. The molecule has 2 fully saturated rings. The highest BCUT2D eigenvalue weighted by atomic mass is 19.3. The van der Waals surface area contributed by atoms with E-state index >= 15 is 0 Å². The van der Waals surface area contributed by atoms with Crippen molar-refractivity contribution in [2.45, 2.75) is 56.7 Å². The fourth-order valence-electron chi connectivity index (χ4n) is 7.07. The molecule has 228 valence electrons. The number of likely N-dealkylation sites (tertiary alicyclic amines) is 1. The summed E-state index contributed by atoms with van der Waals surface area (Å²) < 4.78 is 45.9. The molecule has 0 radical (unpaired) electrons. The molecule has 0 spiro atoms. The second-order valence-corrected chi connectivity index (χ2v) is 12.0. The predicted molar refractivity (Wildman–Crippen MR) is 156 cm³/mol. The predicted octanol–water partition coefficient (Wildman–Crippen LogP) is 5.33. The number of halogens is 3. The standard InChI is InChI=1S/C32H32F3N7O2/c1-18-9-15-42(40-18)21-5-2-19(3-6-21)30(43)39-26-8-11-32(34,35)17-24(26)31(44)41-14-10-22-27(29-36-12-13-37-29)38-25-7-4-20(33)16-23(25)28(22)41/h2-7,9,12-13,15-16,22,24,26-28,38H,8,10-11,14,17H2,1H3,(H,36,37)(H,39,43)/t22-,24+,26-,27-,28-/m1/s1. The Labute approximate surface area is 251 Å². The number of aryl methyl sites for hydroxylation is 1. The Hall–Kier alpha value is -4.61. The summed E-state index contributed by atoms with van der Waals surface area (Å²) in [6, 6.07) is 11.5. The van der Waals surface area contributed by atoms with Crippen LogP contribution in [0.25, 0.3) is 5.69 Å². The molecule has 1 saturated heterocycles. The Morgan fingerprint density at radius 1 is 1.09 bits per heavy atom. The lowest BCUT2D eigenvalue weighted by Gasteiger charge is -2.42. The van der Waals surface area contributed by atoms with Gasteiger partial charge in [-0.25, -0.2) is 22.8 Å². The molecule has 12 heteroatoms. The number of nitrogens with one attached hydrogen (secondary N) is 3. The first-order valence-corrected chi connectivity index (χ1v) is 14.8. The van der Waals surface area contributed by atoms with Gasteiger partial charge in [0.2, 0.25) is 11.8 Å². The third-order valence-electron chi connectivity index (χ3n) is 9.19. The smallest absolute Gasteiger partial charge is 0.251 e. The summed E-state index contributed by atoms with van der Waals surface area (Å²) in [5.74, 6) is -4.99. The molecule has 2 aliphatic heterocycles. The van der Waals surface area contributed by atoms with Crippen molar-refractivity contribution in [3.05, 3.63) is 95.6 Å². The largest absolute Gasteiger partial charge is 0.375 e. The van der Waals surface area contributed by atoms with Crippen molar-refractivity contribution in [2.75, 3.05) is 11.9 Å². The average Bonchev–Trinajstić information content (AvgIpc) is 3.79.